The Labute approximate surface area is 193 Å². The molecule has 0 aliphatic carbocycles. The van der Waals surface area contributed by atoms with Crippen molar-refractivity contribution >= 4 is 34.6 Å². The lowest BCUT2D eigenvalue weighted by atomic mass is 9.96. The van der Waals surface area contributed by atoms with E-state index in [4.69, 9.17) is 4.98 Å². The van der Waals surface area contributed by atoms with Crippen molar-refractivity contribution in [1.82, 2.24) is 19.8 Å². The van der Waals surface area contributed by atoms with E-state index in [2.05, 4.69) is 15.2 Å². The van der Waals surface area contributed by atoms with Crippen LogP contribution in [0.5, 0.6) is 0 Å². The highest BCUT2D eigenvalue weighted by atomic mass is 16.2. The Bertz CT molecular complexity index is 1080. The molecule has 1 atom stereocenters. The molecule has 0 saturated carbocycles. The van der Waals surface area contributed by atoms with Crippen LogP contribution in [0.1, 0.15) is 19.3 Å². The molecule has 3 heterocycles. The minimum absolute atomic E-state index is 0.134. The van der Waals surface area contributed by atoms with Gasteiger partial charge in [0.15, 0.2) is 0 Å². The molecular weight excluding hydrogens is 416 g/mol. The zero-order valence-electron chi connectivity index (χ0n) is 18.7. The third-order valence-electron chi connectivity index (χ3n) is 6.57. The van der Waals surface area contributed by atoms with Crippen LogP contribution in [0.25, 0.3) is 11.0 Å². The molecule has 0 spiro atoms. The third-order valence-corrected chi connectivity index (χ3v) is 6.57. The van der Waals surface area contributed by atoms with Crippen LogP contribution in [0, 0.1) is 5.92 Å². The summed E-state index contributed by atoms with van der Waals surface area (Å²) >= 11 is 0. The van der Waals surface area contributed by atoms with Crippen molar-refractivity contribution in [1.29, 1.82) is 0 Å². The molecule has 2 aromatic carbocycles. The lowest BCUT2D eigenvalue weighted by molar-refractivity contribution is -0.136. The van der Waals surface area contributed by atoms with E-state index in [1.807, 2.05) is 59.5 Å². The van der Waals surface area contributed by atoms with Crippen LogP contribution in [-0.4, -0.2) is 71.0 Å². The standard InChI is InChI=1S/C25H30N6O2/c32-23(19-8-6-13-31(18-19)25(33)26-20-9-2-1-3-10-20)29-14-7-15-30(17-16-29)24-27-21-11-4-5-12-22(21)28-24/h1-5,9-12,19H,6-8,13-18H2,(H,26,33)(H,27,28). The number of para-hydroxylation sites is 3. The number of urea groups is 1. The highest BCUT2D eigenvalue weighted by molar-refractivity contribution is 5.90. The number of aromatic nitrogens is 2. The Hall–Kier alpha value is -3.55. The van der Waals surface area contributed by atoms with Crippen molar-refractivity contribution in [2.45, 2.75) is 19.3 Å². The number of nitrogens with zero attached hydrogens (tertiary/aromatic N) is 4. The van der Waals surface area contributed by atoms with Crippen molar-refractivity contribution in [2.75, 3.05) is 49.5 Å². The Morgan fingerprint density at radius 1 is 0.879 bits per heavy atom. The van der Waals surface area contributed by atoms with E-state index in [1.165, 1.54) is 0 Å². The maximum absolute atomic E-state index is 13.3. The number of likely N-dealkylation sites (tertiary alicyclic amines) is 1. The van der Waals surface area contributed by atoms with Crippen LogP contribution in [0.2, 0.25) is 0 Å². The lowest BCUT2D eigenvalue weighted by Gasteiger charge is -2.34. The molecule has 2 saturated heterocycles. The summed E-state index contributed by atoms with van der Waals surface area (Å²) < 4.78 is 0. The summed E-state index contributed by atoms with van der Waals surface area (Å²) in [5.41, 5.74) is 2.76. The fourth-order valence-corrected chi connectivity index (χ4v) is 4.78. The highest BCUT2D eigenvalue weighted by Gasteiger charge is 2.32. The monoisotopic (exact) mass is 446 g/mol. The third kappa shape index (κ3) is 4.79. The molecule has 3 aromatic rings. The number of amides is 3. The second kappa shape index (κ2) is 9.52. The van der Waals surface area contributed by atoms with Crippen LogP contribution in [0.4, 0.5) is 16.4 Å². The number of H-pyrrole nitrogens is 1. The highest BCUT2D eigenvalue weighted by Crippen LogP contribution is 2.22. The molecule has 8 nitrogen and oxygen atoms in total. The summed E-state index contributed by atoms with van der Waals surface area (Å²) in [7, 11) is 0. The number of nitrogens with one attached hydrogen (secondary N) is 2. The number of rotatable bonds is 3. The molecule has 5 rings (SSSR count). The molecular formula is C25H30N6O2. The van der Waals surface area contributed by atoms with E-state index in [1.54, 1.807) is 4.90 Å². The summed E-state index contributed by atoms with van der Waals surface area (Å²) in [4.78, 5) is 40.2. The number of benzene rings is 2. The number of aromatic amines is 1. The molecule has 1 unspecified atom stereocenters. The van der Waals surface area contributed by atoms with E-state index in [0.29, 0.717) is 19.6 Å². The number of carbonyl (C=O) groups excluding carboxylic acids is 2. The van der Waals surface area contributed by atoms with Gasteiger partial charge in [0, 0.05) is 45.0 Å². The van der Waals surface area contributed by atoms with Crippen molar-refractivity contribution in [3.63, 3.8) is 0 Å². The van der Waals surface area contributed by atoms with E-state index < -0.39 is 0 Å². The zero-order valence-corrected chi connectivity index (χ0v) is 18.7. The molecule has 2 N–H and O–H groups in total. The van der Waals surface area contributed by atoms with E-state index in [-0.39, 0.29) is 17.9 Å². The van der Waals surface area contributed by atoms with E-state index >= 15 is 0 Å². The van der Waals surface area contributed by atoms with Crippen LogP contribution in [0.15, 0.2) is 54.6 Å². The fraction of sp³-hybridized carbons (Fsp3) is 0.400. The Balaban J connectivity index is 1.19. The smallest absolute Gasteiger partial charge is 0.321 e. The number of carbonyl (C=O) groups is 2. The Kier molecular flexibility index (Phi) is 6.15. The van der Waals surface area contributed by atoms with Gasteiger partial charge in [0.1, 0.15) is 0 Å². The first-order valence-corrected chi connectivity index (χ1v) is 11.8. The summed E-state index contributed by atoms with van der Waals surface area (Å²) in [5, 5.41) is 2.94. The zero-order chi connectivity index (χ0) is 22.6. The molecule has 8 heteroatoms. The van der Waals surface area contributed by atoms with Gasteiger partial charge in [-0.3, -0.25) is 4.79 Å². The number of hydrogen-bond acceptors (Lipinski definition) is 4. The van der Waals surface area contributed by atoms with Gasteiger partial charge < -0.3 is 25.0 Å². The Morgan fingerprint density at radius 2 is 1.67 bits per heavy atom. The Morgan fingerprint density at radius 3 is 2.52 bits per heavy atom. The van der Waals surface area contributed by atoms with Gasteiger partial charge in [-0.25, -0.2) is 9.78 Å². The summed E-state index contributed by atoms with van der Waals surface area (Å²) in [6, 6.07) is 17.3. The molecule has 2 fully saturated rings. The molecule has 33 heavy (non-hydrogen) atoms. The van der Waals surface area contributed by atoms with Crippen molar-refractivity contribution < 1.29 is 9.59 Å². The lowest BCUT2D eigenvalue weighted by Crippen LogP contribution is -2.48. The first-order chi connectivity index (χ1) is 16.2. The topological polar surface area (TPSA) is 84.6 Å². The SMILES string of the molecule is O=C(Nc1ccccc1)N1CCCC(C(=O)N2CCCN(c3nc4ccccc4[nH]3)CC2)C1. The van der Waals surface area contributed by atoms with Gasteiger partial charge in [0.25, 0.3) is 0 Å². The van der Waals surface area contributed by atoms with Crippen LogP contribution in [0.3, 0.4) is 0 Å². The average molecular weight is 447 g/mol. The van der Waals surface area contributed by atoms with Gasteiger partial charge in [0.2, 0.25) is 11.9 Å². The van der Waals surface area contributed by atoms with Gasteiger partial charge in [-0.05, 0) is 43.5 Å². The van der Waals surface area contributed by atoms with Gasteiger partial charge in [-0.2, -0.15) is 0 Å². The van der Waals surface area contributed by atoms with Gasteiger partial charge in [0.05, 0.1) is 17.0 Å². The van der Waals surface area contributed by atoms with Crippen LogP contribution >= 0.6 is 0 Å². The number of piperidine rings is 1. The first-order valence-electron chi connectivity index (χ1n) is 11.8. The predicted octanol–water partition coefficient (Wildman–Crippen LogP) is 3.55. The molecule has 2 aliphatic heterocycles. The maximum atomic E-state index is 13.3. The van der Waals surface area contributed by atoms with E-state index in [9.17, 15) is 9.59 Å². The van der Waals surface area contributed by atoms with Gasteiger partial charge >= 0.3 is 6.03 Å². The molecule has 3 amide bonds. The molecule has 2 aliphatic rings. The second-order valence-electron chi connectivity index (χ2n) is 8.82. The van der Waals surface area contributed by atoms with Crippen LogP contribution < -0.4 is 10.2 Å². The average Bonchev–Trinajstić information content (AvgIpc) is 3.14. The maximum Gasteiger partial charge on any atom is 0.321 e. The molecule has 172 valence electrons. The minimum atomic E-state index is -0.141. The number of hydrogen-bond donors (Lipinski definition) is 2. The van der Waals surface area contributed by atoms with E-state index in [0.717, 1.165) is 61.6 Å². The van der Waals surface area contributed by atoms with Gasteiger partial charge in [-0.1, -0.05) is 30.3 Å². The summed E-state index contributed by atoms with van der Waals surface area (Å²) in [6.45, 7) is 4.17. The summed E-state index contributed by atoms with van der Waals surface area (Å²) in [6.07, 6.45) is 2.57. The predicted molar refractivity (Wildman–Crippen MR) is 129 cm³/mol. The van der Waals surface area contributed by atoms with Gasteiger partial charge in [-0.15, -0.1) is 0 Å². The molecule has 0 bridgehead atoms. The molecule has 0 radical (unpaired) electrons. The number of anilines is 2. The summed E-state index contributed by atoms with van der Waals surface area (Å²) in [5.74, 6) is 0.892. The normalized spacial score (nSPS) is 19.4. The quantitative estimate of drug-likeness (QED) is 0.645. The molecule has 1 aromatic heterocycles. The van der Waals surface area contributed by atoms with Crippen molar-refractivity contribution in [2.24, 2.45) is 5.92 Å². The minimum Gasteiger partial charge on any atom is -0.341 e. The second-order valence-corrected chi connectivity index (χ2v) is 8.82. The fourth-order valence-electron chi connectivity index (χ4n) is 4.78. The van der Waals surface area contributed by atoms with Crippen molar-refractivity contribution in [3.8, 4) is 0 Å². The van der Waals surface area contributed by atoms with Crippen molar-refractivity contribution in [3.05, 3.63) is 54.6 Å². The largest absolute Gasteiger partial charge is 0.341 e. The number of imidazole rings is 1. The number of fused-ring (bicyclic) bond motifs is 1. The first kappa shape index (κ1) is 21.3. The van der Waals surface area contributed by atoms with Crippen LogP contribution in [-0.2, 0) is 4.79 Å².